The summed E-state index contributed by atoms with van der Waals surface area (Å²) in [6.07, 6.45) is 2.08. The van der Waals surface area contributed by atoms with E-state index in [-0.39, 0.29) is 0 Å². The van der Waals surface area contributed by atoms with Gasteiger partial charge in [0, 0.05) is 32.4 Å². The van der Waals surface area contributed by atoms with E-state index in [1.54, 1.807) is 0 Å². The molecule has 0 amide bonds. The maximum atomic E-state index is 5.32. The summed E-state index contributed by atoms with van der Waals surface area (Å²) in [7, 11) is 1.86. The van der Waals surface area contributed by atoms with Crippen LogP contribution in [0.2, 0.25) is 0 Å². The van der Waals surface area contributed by atoms with Gasteiger partial charge in [-0.25, -0.2) is 9.97 Å². The second-order valence-corrected chi connectivity index (χ2v) is 3.97. The van der Waals surface area contributed by atoms with Gasteiger partial charge in [-0.05, 0) is 19.8 Å². The number of hydrogen-bond acceptors (Lipinski definition) is 5. The van der Waals surface area contributed by atoms with Gasteiger partial charge >= 0.3 is 0 Å². The van der Waals surface area contributed by atoms with E-state index in [1.165, 1.54) is 0 Å². The number of ether oxygens (including phenoxy) is 1. The molecule has 1 aliphatic rings. The lowest BCUT2D eigenvalue weighted by Gasteiger charge is -2.23. The minimum Gasteiger partial charge on any atom is -0.381 e. The smallest absolute Gasteiger partial charge is 0.132 e. The van der Waals surface area contributed by atoms with Gasteiger partial charge in [-0.3, -0.25) is 0 Å². The quantitative estimate of drug-likeness (QED) is 0.810. The second kappa shape index (κ2) is 5.12. The average molecular weight is 222 g/mol. The first-order valence-electron chi connectivity index (χ1n) is 5.65. The highest BCUT2D eigenvalue weighted by Gasteiger charge is 2.14. The summed E-state index contributed by atoms with van der Waals surface area (Å²) in [5.41, 5.74) is 0. The lowest BCUT2D eigenvalue weighted by Crippen LogP contribution is -2.28. The van der Waals surface area contributed by atoms with Crippen LogP contribution in [0, 0.1) is 6.92 Å². The summed E-state index contributed by atoms with van der Waals surface area (Å²) in [6.45, 7) is 3.57. The number of rotatable bonds is 3. The predicted molar refractivity (Wildman–Crippen MR) is 63.8 cm³/mol. The van der Waals surface area contributed by atoms with Gasteiger partial charge in [-0.1, -0.05) is 0 Å². The summed E-state index contributed by atoms with van der Waals surface area (Å²) in [6, 6.07) is 2.40. The van der Waals surface area contributed by atoms with Crippen molar-refractivity contribution in [2.75, 3.05) is 30.9 Å². The molecule has 2 N–H and O–H groups in total. The fourth-order valence-electron chi connectivity index (χ4n) is 1.82. The van der Waals surface area contributed by atoms with Crippen LogP contribution in [0.15, 0.2) is 6.07 Å². The molecule has 0 aliphatic carbocycles. The molecule has 0 saturated carbocycles. The minimum atomic E-state index is 0.466. The van der Waals surface area contributed by atoms with Crippen molar-refractivity contribution in [1.82, 2.24) is 9.97 Å². The summed E-state index contributed by atoms with van der Waals surface area (Å²) in [4.78, 5) is 8.63. The van der Waals surface area contributed by atoms with Gasteiger partial charge in [-0.15, -0.1) is 0 Å². The minimum absolute atomic E-state index is 0.466. The van der Waals surface area contributed by atoms with E-state index < -0.39 is 0 Å². The zero-order valence-corrected chi connectivity index (χ0v) is 9.79. The Balaban J connectivity index is 2.04. The highest BCUT2D eigenvalue weighted by Crippen LogP contribution is 2.15. The molecular weight excluding hydrogens is 204 g/mol. The van der Waals surface area contributed by atoms with Crippen LogP contribution in [-0.2, 0) is 4.74 Å². The molecule has 16 heavy (non-hydrogen) atoms. The van der Waals surface area contributed by atoms with Crippen molar-refractivity contribution in [3.63, 3.8) is 0 Å². The first-order valence-corrected chi connectivity index (χ1v) is 5.65. The molecule has 5 nitrogen and oxygen atoms in total. The highest BCUT2D eigenvalue weighted by molar-refractivity contribution is 5.47. The van der Waals surface area contributed by atoms with E-state index in [0.29, 0.717) is 6.04 Å². The Kier molecular flexibility index (Phi) is 3.56. The molecule has 1 fully saturated rings. The molecule has 1 saturated heterocycles. The Morgan fingerprint density at radius 2 is 1.94 bits per heavy atom. The molecular formula is C11H18N4O. The van der Waals surface area contributed by atoms with Crippen LogP contribution in [-0.4, -0.2) is 36.3 Å². The number of anilines is 2. The van der Waals surface area contributed by atoms with Gasteiger partial charge in [0.25, 0.3) is 0 Å². The van der Waals surface area contributed by atoms with Crippen LogP contribution in [0.1, 0.15) is 18.7 Å². The van der Waals surface area contributed by atoms with Crippen LogP contribution in [0.25, 0.3) is 0 Å². The fraction of sp³-hybridized carbons (Fsp3) is 0.636. The molecule has 2 rings (SSSR count). The Morgan fingerprint density at radius 1 is 1.25 bits per heavy atom. The Labute approximate surface area is 95.6 Å². The maximum absolute atomic E-state index is 5.32. The van der Waals surface area contributed by atoms with Crippen LogP contribution >= 0.6 is 0 Å². The molecule has 0 radical (unpaired) electrons. The topological polar surface area (TPSA) is 59.1 Å². The molecule has 1 aromatic heterocycles. The second-order valence-electron chi connectivity index (χ2n) is 3.97. The number of nitrogens with one attached hydrogen (secondary N) is 2. The van der Waals surface area contributed by atoms with E-state index in [0.717, 1.165) is 43.5 Å². The SMILES string of the molecule is CNc1cc(NC2CCOCC2)nc(C)n1. The monoisotopic (exact) mass is 222 g/mol. The molecule has 1 aliphatic heterocycles. The highest BCUT2D eigenvalue weighted by atomic mass is 16.5. The third kappa shape index (κ3) is 2.82. The van der Waals surface area contributed by atoms with Gasteiger partial charge in [-0.2, -0.15) is 0 Å². The molecule has 0 spiro atoms. The normalized spacial score (nSPS) is 17.1. The molecule has 0 unspecified atom stereocenters. The largest absolute Gasteiger partial charge is 0.381 e. The maximum Gasteiger partial charge on any atom is 0.132 e. The molecule has 5 heteroatoms. The van der Waals surface area contributed by atoms with Gasteiger partial charge in [0.2, 0.25) is 0 Å². The van der Waals surface area contributed by atoms with Crippen molar-refractivity contribution in [1.29, 1.82) is 0 Å². The summed E-state index contributed by atoms with van der Waals surface area (Å²) in [5, 5.41) is 6.45. The van der Waals surface area contributed by atoms with Gasteiger partial charge in [0.1, 0.15) is 17.5 Å². The van der Waals surface area contributed by atoms with Crippen LogP contribution in [0.5, 0.6) is 0 Å². The van der Waals surface area contributed by atoms with Crippen LogP contribution < -0.4 is 10.6 Å². The third-order valence-corrected chi connectivity index (χ3v) is 2.67. The molecule has 0 atom stereocenters. The van der Waals surface area contributed by atoms with Crippen molar-refractivity contribution in [2.45, 2.75) is 25.8 Å². The van der Waals surface area contributed by atoms with Crippen LogP contribution in [0.3, 0.4) is 0 Å². The molecule has 0 bridgehead atoms. The number of hydrogen-bond donors (Lipinski definition) is 2. The van der Waals surface area contributed by atoms with E-state index in [9.17, 15) is 0 Å². The van der Waals surface area contributed by atoms with Crippen molar-refractivity contribution in [3.05, 3.63) is 11.9 Å². The summed E-state index contributed by atoms with van der Waals surface area (Å²) < 4.78 is 5.32. The zero-order chi connectivity index (χ0) is 11.4. The first kappa shape index (κ1) is 11.1. The molecule has 88 valence electrons. The average Bonchev–Trinajstić information content (AvgIpc) is 2.29. The van der Waals surface area contributed by atoms with E-state index in [4.69, 9.17) is 4.74 Å². The van der Waals surface area contributed by atoms with Gasteiger partial charge < -0.3 is 15.4 Å². The zero-order valence-electron chi connectivity index (χ0n) is 9.79. The van der Waals surface area contributed by atoms with Crippen molar-refractivity contribution < 1.29 is 4.74 Å². The molecule has 1 aromatic rings. The Bertz CT molecular complexity index is 350. The number of aromatic nitrogens is 2. The fourth-order valence-corrected chi connectivity index (χ4v) is 1.82. The lowest BCUT2D eigenvalue weighted by molar-refractivity contribution is 0.0904. The summed E-state index contributed by atoms with van der Waals surface area (Å²) in [5.74, 6) is 2.52. The van der Waals surface area contributed by atoms with Crippen molar-refractivity contribution in [2.24, 2.45) is 0 Å². The van der Waals surface area contributed by atoms with Crippen molar-refractivity contribution in [3.8, 4) is 0 Å². The third-order valence-electron chi connectivity index (χ3n) is 2.67. The summed E-state index contributed by atoms with van der Waals surface area (Å²) >= 11 is 0. The Hall–Kier alpha value is -1.36. The Morgan fingerprint density at radius 3 is 2.62 bits per heavy atom. The standard InChI is InChI=1S/C11H18N4O/c1-8-13-10(12-2)7-11(14-8)15-9-3-5-16-6-4-9/h7,9H,3-6H2,1-2H3,(H2,12,13,14,15). The number of nitrogens with zero attached hydrogens (tertiary/aromatic N) is 2. The van der Waals surface area contributed by atoms with E-state index >= 15 is 0 Å². The first-order chi connectivity index (χ1) is 7.78. The van der Waals surface area contributed by atoms with Gasteiger partial charge in [0.15, 0.2) is 0 Å². The number of aryl methyl sites for hydroxylation is 1. The van der Waals surface area contributed by atoms with E-state index in [1.807, 2.05) is 20.0 Å². The predicted octanol–water partition coefficient (Wildman–Crippen LogP) is 1.42. The molecule has 0 aromatic carbocycles. The van der Waals surface area contributed by atoms with Crippen molar-refractivity contribution >= 4 is 11.6 Å². The van der Waals surface area contributed by atoms with Gasteiger partial charge in [0.05, 0.1) is 0 Å². The lowest BCUT2D eigenvalue weighted by atomic mass is 10.1. The molecule has 2 heterocycles. The van der Waals surface area contributed by atoms with E-state index in [2.05, 4.69) is 20.6 Å². The van der Waals surface area contributed by atoms with Crippen LogP contribution in [0.4, 0.5) is 11.6 Å².